The Balaban J connectivity index is 1.66. The van der Waals surface area contributed by atoms with E-state index < -0.39 is 17.2 Å². The summed E-state index contributed by atoms with van der Waals surface area (Å²) in [5.41, 5.74) is 0.894. The van der Waals surface area contributed by atoms with Gasteiger partial charge in [0.2, 0.25) is 0 Å². The predicted octanol–water partition coefficient (Wildman–Crippen LogP) is 4.11. The molecule has 2 heterocycles. The van der Waals surface area contributed by atoms with Crippen molar-refractivity contribution in [2.45, 2.75) is 63.8 Å². The van der Waals surface area contributed by atoms with Gasteiger partial charge in [-0.25, -0.2) is 9.59 Å². The minimum absolute atomic E-state index is 0.0362. The van der Waals surface area contributed by atoms with Crippen LogP contribution < -0.4 is 20.1 Å². The lowest BCUT2D eigenvalue weighted by Crippen LogP contribution is -2.69. The van der Waals surface area contributed by atoms with Gasteiger partial charge in [0.25, 0.3) is 0 Å². The molecule has 7 nitrogen and oxygen atoms in total. The van der Waals surface area contributed by atoms with E-state index in [1.165, 1.54) is 0 Å². The van der Waals surface area contributed by atoms with Gasteiger partial charge in [-0.2, -0.15) is 0 Å². The van der Waals surface area contributed by atoms with E-state index in [4.69, 9.17) is 14.2 Å². The first kappa shape index (κ1) is 22.0. The maximum Gasteiger partial charge on any atom is 0.344 e. The van der Waals surface area contributed by atoms with Crippen LogP contribution in [0.3, 0.4) is 0 Å². The highest BCUT2D eigenvalue weighted by molar-refractivity contribution is 5.77. The molecule has 0 saturated carbocycles. The van der Waals surface area contributed by atoms with Gasteiger partial charge in [0.15, 0.2) is 12.3 Å². The van der Waals surface area contributed by atoms with Crippen LogP contribution in [-0.4, -0.2) is 36.0 Å². The Labute approximate surface area is 188 Å². The van der Waals surface area contributed by atoms with Gasteiger partial charge in [0.1, 0.15) is 11.5 Å². The highest BCUT2D eigenvalue weighted by atomic mass is 16.6. The van der Waals surface area contributed by atoms with Gasteiger partial charge in [0.05, 0.1) is 6.10 Å². The summed E-state index contributed by atoms with van der Waals surface area (Å²) in [5.74, 6) is 0.754. The first-order valence-electron chi connectivity index (χ1n) is 11.0. The number of carbonyl (C=O) groups excluding carboxylic acids is 2. The molecule has 0 aliphatic carbocycles. The Kier molecular flexibility index (Phi) is 5.75. The lowest BCUT2D eigenvalue weighted by molar-refractivity contribution is -0.149. The first-order valence-corrected chi connectivity index (χ1v) is 11.0. The molecule has 0 unspecified atom stereocenters. The van der Waals surface area contributed by atoms with Crippen molar-refractivity contribution < 1.29 is 23.8 Å². The van der Waals surface area contributed by atoms with Gasteiger partial charge >= 0.3 is 12.0 Å². The van der Waals surface area contributed by atoms with Gasteiger partial charge in [-0.3, -0.25) is 0 Å². The Bertz CT molecular complexity index is 1000. The predicted molar refractivity (Wildman–Crippen MR) is 120 cm³/mol. The van der Waals surface area contributed by atoms with E-state index >= 15 is 0 Å². The van der Waals surface area contributed by atoms with Crippen LogP contribution in [0.4, 0.5) is 4.79 Å². The number of hydrogen-bond donors (Lipinski definition) is 2. The fourth-order valence-electron chi connectivity index (χ4n) is 4.63. The van der Waals surface area contributed by atoms with E-state index in [1.807, 2.05) is 44.2 Å². The molecule has 2 aliphatic heterocycles. The summed E-state index contributed by atoms with van der Waals surface area (Å²) in [6.07, 6.45) is 1.01. The normalized spacial score (nSPS) is 23.5. The van der Waals surface area contributed by atoms with Crippen LogP contribution in [0.25, 0.3) is 0 Å². The highest BCUT2D eigenvalue weighted by Gasteiger charge is 2.49. The number of nitrogens with one attached hydrogen (secondary N) is 2. The molecular weight excluding hydrogens is 408 g/mol. The molecule has 2 N–H and O–H groups in total. The van der Waals surface area contributed by atoms with Crippen LogP contribution in [0, 0.1) is 0 Å². The van der Waals surface area contributed by atoms with Gasteiger partial charge in [0, 0.05) is 35.9 Å². The van der Waals surface area contributed by atoms with Crippen LogP contribution in [0.5, 0.6) is 11.5 Å². The van der Waals surface area contributed by atoms with Crippen LogP contribution >= 0.6 is 0 Å². The topological polar surface area (TPSA) is 85.9 Å². The molecule has 32 heavy (non-hydrogen) atoms. The Hall–Kier alpha value is -3.22. The molecule has 0 aromatic heterocycles. The molecule has 2 aromatic carbocycles. The molecule has 1 spiro atoms. The lowest BCUT2D eigenvalue weighted by atomic mass is 9.77. The minimum Gasteiger partial charge on any atom is -0.482 e. The van der Waals surface area contributed by atoms with Crippen molar-refractivity contribution in [3.63, 3.8) is 0 Å². The van der Waals surface area contributed by atoms with Gasteiger partial charge in [-0.1, -0.05) is 36.4 Å². The molecule has 0 radical (unpaired) electrons. The standard InChI is InChI=1S/C25H30N2O5/c1-16(2)31-22(28)14-30-18-10-11-19-20(17-8-6-5-7-9-17)13-25(32-21(19)12-18)15-24(3,4)26-23(29)27-25/h5-12,16,20H,13-15H2,1-4H3,(H2,26,27,29)/t20-,25+/m1/s1. The molecule has 4 rings (SSSR count). The molecule has 2 aromatic rings. The minimum atomic E-state index is -0.853. The van der Waals surface area contributed by atoms with Crippen molar-refractivity contribution >= 4 is 12.0 Å². The molecule has 2 atom stereocenters. The molecule has 1 fully saturated rings. The zero-order valence-electron chi connectivity index (χ0n) is 18.9. The molecule has 0 bridgehead atoms. The average Bonchev–Trinajstić information content (AvgIpc) is 2.70. The maximum atomic E-state index is 12.5. The molecule has 170 valence electrons. The molecule has 7 heteroatoms. The number of urea groups is 1. The number of fused-ring (bicyclic) bond motifs is 1. The summed E-state index contributed by atoms with van der Waals surface area (Å²) in [6, 6.07) is 15.5. The first-order chi connectivity index (χ1) is 15.1. The second kappa shape index (κ2) is 8.37. The number of amides is 2. The number of ether oxygens (including phenoxy) is 3. The monoisotopic (exact) mass is 438 g/mol. The Morgan fingerprint density at radius 2 is 1.91 bits per heavy atom. The van der Waals surface area contributed by atoms with Gasteiger partial charge in [-0.05, 0) is 39.3 Å². The SMILES string of the molecule is CC(C)OC(=O)COc1ccc2c(c1)O[C@@]1(C[C@@H]2c2ccccc2)CC(C)(C)NC(=O)N1. The summed E-state index contributed by atoms with van der Waals surface area (Å²) in [4.78, 5) is 24.3. The molecular formula is C25H30N2O5. The van der Waals surface area contributed by atoms with Crippen LogP contribution in [0.1, 0.15) is 57.6 Å². The fraction of sp³-hybridized carbons (Fsp3) is 0.440. The van der Waals surface area contributed by atoms with Crippen molar-refractivity contribution in [1.29, 1.82) is 0 Å². The average molecular weight is 439 g/mol. The molecule has 2 aliphatic rings. The zero-order chi connectivity index (χ0) is 22.9. The summed E-state index contributed by atoms with van der Waals surface area (Å²) in [6.45, 7) is 7.39. The molecule has 2 amide bonds. The highest BCUT2D eigenvalue weighted by Crippen LogP contribution is 2.47. The third-order valence-corrected chi connectivity index (χ3v) is 5.65. The third kappa shape index (κ3) is 4.82. The van der Waals surface area contributed by atoms with Crippen molar-refractivity contribution in [1.82, 2.24) is 10.6 Å². The number of hydrogen-bond acceptors (Lipinski definition) is 5. The van der Waals surface area contributed by atoms with Gasteiger partial charge < -0.3 is 24.8 Å². The molecule has 1 saturated heterocycles. The zero-order valence-corrected chi connectivity index (χ0v) is 18.9. The second-order valence-electron chi connectivity index (χ2n) is 9.43. The van der Waals surface area contributed by atoms with E-state index in [0.29, 0.717) is 24.3 Å². The maximum absolute atomic E-state index is 12.5. The van der Waals surface area contributed by atoms with Crippen molar-refractivity contribution in [2.24, 2.45) is 0 Å². The number of benzene rings is 2. The third-order valence-electron chi connectivity index (χ3n) is 5.65. The van der Waals surface area contributed by atoms with Crippen molar-refractivity contribution in [3.8, 4) is 11.5 Å². The summed E-state index contributed by atoms with van der Waals surface area (Å²) >= 11 is 0. The van der Waals surface area contributed by atoms with Crippen molar-refractivity contribution in [2.75, 3.05) is 6.61 Å². The van der Waals surface area contributed by atoms with Crippen LogP contribution in [0.2, 0.25) is 0 Å². The van der Waals surface area contributed by atoms with Gasteiger partial charge in [-0.15, -0.1) is 0 Å². The summed E-state index contributed by atoms with van der Waals surface area (Å²) in [7, 11) is 0. The Morgan fingerprint density at radius 1 is 1.16 bits per heavy atom. The van der Waals surface area contributed by atoms with E-state index in [9.17, 15) is 9.59 Å². The quantitative estimate of drug-likeness (QED) is 0.686. The number of rotatable bonds is 5. The van der Waals surface area contributed by atoms with Crippen molar-refractivity contribution in [3.05, 3.63) is 59.7 Å². The Morgan fingerprint density at radius 3 is 2.59 bits per heavy atom. The number of esters is 1. The number of carbonyl (C=O) groups is 2. The fourth-order valence-corrected chi connectivity index (χ4v) is 4.63. The van der Waals surface area contributed by atoms with E-state index in [2.05, 4.69) is 22.8 Å². The largest absolute Gasteiger partial charge is 0.482 e. The summed E-state index contributed by atoms with van der Waals surface area (Å²) in [5, 5.41) is 5.99. The smallest absolute Gasteiger partial charge is 0.344 e. The van der Waals surface area contributed by atoms with Crippen LogP contribution in [-0.2, 0) is 9.53 Å². The van der Waals surface area contributed by atoms with E-state index in [1.54, 1.807) is 19.9 Å². The lowest BCUT2D eigenvalue weighted by Gasteiger charge is -2.49. The summed E-state index contributed by atoms with van der Waals surface area (Å²) < 4.78 is 17.3. The second-order valence-corrected chi connectivity index (χ2v) is 9.43. The van der Waals surface area contributed by atoms with Crippen LogP contribution in [0.15, 0.2) is 48.5 Å². The van der Waals surface area contributed by atoms with E-state index in [-0.39, 0.29) is 24.7 Å². The van der Waals surface area contributed by atoms with E-state index in [0.717, 1.165) is 11.1 Å².